The van der Waals surface area contributed by atoms with Crippen LogP contribution in [0, 0.1) is 17.7 Å². The zero-order valence-electron chi connectivity index (χ0n) is 17.1. The number of fused-ring (bicyclic) bond motifs is 2. The molecule has 2 aromatic heterocycles. The predicted octanol–water partition coefficient (Wildman–Crippen LogP) is 4.52. The lowest BCUT2D eigenvalue weighted by atomic mass is 9.74. The van der Waals surface area contributed by atoms with E-state index in [1.54, 1.807) is 12.4 Å². The normalized spacial score (nSPS) is 23.9. The summed E-state index contributed by atoms with van der Waals surface area (Å²) in [5.41, 5.74) is 3.86. The maximum atomic E-state index is 14.5. The number of rotatable bonds is 4. The van der Waals surface area contributed by atoms with E-state index in [2.05, 4.69) is 24.0 Å². The van der Waals surface area contributed by atoms with Crippen LogP contribution in [0.1, 0.15) is 61.5 Å². The molecule has 5 rings (SSSR count). The van der Waals surface area contributed by atoms with Crippen molar-refractivity contribution in [1.29, 1.82) is 0 Å². The molecule has 2 unspecified atom stereocenters. The van der Waals surface area contributed by atoms with Crippen LogP contribution in [0.5, 0.6) is 5.75 Å². The Morgan fingerprint density at radius 2 is 1.97 bits per heavy atom. The monoisotopic (exact) mass is 394 g/mol. The van der Waals surface area contributed by atoms with Gasteiger partial charge in [-0.25, -0.2) is 9.37 Å². The van der Waals surface area contributed by atoms with Crippen molar-refractivity contribution in [2.45, 2.75) is 58.3 Å². The van der Waals surface area contributed by atoms with E-state index in [1.165, 1.54) is 30.9 Å². The number of nitrogens with zero attached hydrogens (tertiary/aromatic N) is 4. The number of benzene rings is 1. The Kier molecular flexibility index (Phi) is 4.72. The lowest BCUT2D eigenvalue weighted by Gasteiger charge is -2.31. The second-order valence-electron chi connectivity index (χ2n) is 8.87. The molecule has 3 aromatic rings. The highest BCUT2D eigenvalue weighted by atomic mass is 19.1. The standard InChI is InChI=1S/C23H27FN4O/c1-14-9-15(2)11-16(10-14)19-12-25-22(28-13-26-27-23(19)28)6-3-17-18-7-8-29-21(18)5-4-20(17)24/h4-5,12-16H,3,6-11H2,1-2H3. The van der Waals surface area contributed by atoms with Crippen molar-refractivity contribution in [3.63, 3.8) is 0 Å². The number of aryl methyl sites for hydroxylation is 1. The Hall–Kier alpha value is -2.50. The maximum Gasteiger partial charge on any atom is 0.167 e. The van der Waals surface area contributed by atoms with Gasteiger partial charge in [-0.05, 0) is 61.1 Å². The molecule has 2 aliphatic rings. The zero-order chi connectivity index (χ0) is 20.0. The summed E-state index contributed by atoms with van der Waals surface area (Å²) < 4.78 is 22.1. The molecule has 0 bridgehead atoms. The lowest BCUT2D eigenvalue weighted by molar-refractivity contribution is 0.268. The topological polar surface area (TPSA) is 52.3 Å². The molecular weight excluding hydrogens is 367 g/mol. The van der Waals surface area contributed by atoms with Crippen LogP contribution in [0.25, 0.3) is 5.65 Å². The Balaban J connectivity index is 1.43. The molecule has 5 nitrogen and oxygen atoms in total. The fourth-order valence-electron chi connectivity index (χ4n) is 5.38. The number of ether oxygens (including phenoxy) is 1. The van der Waals surface area contributed by atoms with Crippen LogP contribution >= 0.6 is 0 Å². The molecular formula is C23H27FN4O. The molecule has 1 saturated carbocycles. The van der Waals surface area contributed by atoms with Crippen molar-refractivity contribution in [2.24, 2.45) is 11.8 Å². The summed E-state index contributed by atoms with van der Waals surface area (Å²) in [6.07, 6.45) is 9.38. The molecule has 0 N–H and O–H groups in total. The van der Waals surface area contributed by atoms with Gasteiger partial charge in [0.25, 0.3) is 0 Å². The quantitative estimate of drug-likeness (QED) is 0.653. The minimum Gasteiger partial charge on any atom is -0.493 e. The highest BCUT2D eigenvalue weighted by molar-refractivity contribution is 5.48. The van der Waals surface area contributed by atoms with Crippen LogP contribution in [0.2, 0.25) is 0 Å². The number of hydrogen-bond donors (Lipinski definition) is 0. The van der Waals surface area contributed by atoms with Crippen LogP contribution in [0.4, 0.5) is 4.39 Å². The van der Waals surface area contributed by atoms with Crippen LogP contribution in [0.15, 0.2) is 24.7 Å². The van der Waals surface area contributed by atoms with Crippen LogP contribution < -0.4 is 4.74 Å². The van der Waals surface area contributed by atoms with Gasteiger partial charge in [-0.3, -0.25) is 4.40 Å². The van der Waals surface area contributed by atoms with E-state index in [1.807, 2.05) is 10.6 Å². The first-order valence-corrected chi connectivity index (χ1v) is 10.7. The first-order valence-electron chi connectivity index (χ1n) is 10.7. The SMILES string of the molecule is CC1CC(C)CC(c2cnc(CCc3c(F)ccc4c3CCO4)n3cnnc23)C1. The third-order valence-corrected chi connectivity index (χ3v) is 6.59. The maximum absolute atomic E-state index is 14.5. The van der Waals surface area contributed by atoms with Gasteiger partial charge in [0.05, 0.1) is 6.61 Å². The van der Waals surface area contributed by atoms with Gasteiger partial charge < -0.3 is 4.74 Å². The van der Waals surface area contributed by atoms with E-state index in [9.17, 15) is 4.39 Å². The van der Waals surface area contributed by atoms with Gasteiger partial charge in [-0.15, -0.1) is 10.2 Å². The third-order valence-electron chi connectivity index (χ3n) is 6.59. The van der Waals surface area contributed by atoms with E-state index in [0.29, 0.717) is 25.4 Å². The number of halogens is 1. The van der Waals surface area contributed by atoms with Gasteiger partial charge in [-0.1, -0.05) is 13.8 Å². The van der Waals surface area contributed by atoms with Crippen LogP contribution in [0.3, 0.4) is 0 Å². The molecule has 3 heterocycles. The first-order chi connectivity index (χ1) is 14.1. The summed E-state index contributed by atoms with van der Waals surface area (Å²) in [5, 5.41) is 8.58. The molecule has 6 heteroatoms. The fourth-order valence-corrected chi connectivity index (χ4v) is 5.38. The van der Waals surface area contributed by atoms with Gasteiger partial charge in [0, 0.05) is 30.2 Å². The second-order valence-corrected chi connectivity index (χ2v) is 8.87. The van der Waals surface area contributed by atoms with Gasteiger partial charge >= 0.3 is 0 Å². The minimum absolute atomic E-state index is 0.156. The summed E-state index contributed by atoms with van der Waals surface area (Å²) in [6.45, 7) is 5.30. The second kappa shape index (κ2) is 7.39. The van der Waals surface area contributed by atoms with Gasteiger partial charge in [-0.2, -0.15) is 0 Å². The van der Waals surface area contributed by atoms with Crippen LogP contribution in [-0.4, -0.2) is 26.2 Å². The predicted molar refractivity (Wildman–Crippen MR) is 109 cm³/mol. The van der Waals surface area contributed by atoms with Gasteiger partial charge in [0.1, 0.15) is 23.7 Å². The Labute approximate surface area is 170 Å². The van der Waals surface area contributed by atoms with E-state index in [4.69, 9.17) is 9.72 Å². The summed E-state index contributed by atoms with van der Waals surface area (Å²) in [4.78, 5) is 4.77. The molecule has 0 amide bonds. The molecule has 152 valence electrons. The fraction of sp³-hybridized carbons (Fsp3) is 0.522. The highest BCUT2D eigenvalue weighted by Gasteiger charge is 2.28. The number of aromatic nitrogens is 4. The highest BCUT2D eigenvalue weighted by Crippen LogP contribution is 2.40. The van der Waals surface area contributed by atoms with E-state index in [-0.39, 0.29) is 5.82 Å². The molecule has 1 fully saturated rings. The average molecular weight is 394 g/mol. The lowest BCUT2D eigenvalue weighted by Crippen LogP contribution is -2.19. The Morgan fingerprint density at radius 3 is 2.79 bits per heavy atom. The molecule has 0 saturated heterocycles. The molecule has 1 aliphatic heterocycles. The van der Waals surface area contributed by atoms with Crippen molar-refractivity contribution in [1.82, 2.24) is 19.6 Å². The third kappa shape index (κ3) is 3.38. The Bertz CT molecular complexity index is 1040. The van der Waals surface area contributed by atoms with Crippen molar-refractivity contribution in [3.8, 4) is 5.75 Å². The largest absolute Gasteiger partial charge is 0.493 e. The summed E-state index contributed by atoms with van der Waals surface area (Å²) in [5.74, 6) is 3.46. The Morgan fingerprint density at radius 1 is 1.14 bits per heavy atom. The average Bonchev–Trinajstić information content (AvgIpc) is 3.36. The summed E-state index contributed by atoms with van der Waals surface area (Å²) in [7, 11) is 0. The van der Waals surface area contributed by atoms with E-state index in [0.717, 1.165) is 46.6 Å². The minimum atomic E-state index is -0.156. The van der Waals surface area contributed by atoms with Crippen molar-refractivity contribution in [2.75, 3.05) is 6.61 Å². The molecule has 1 aliphatic carbocycles. The molecule has 0 spiro atoms. The summed E-state index contributed by atoms with van der Waals surface area (Å²) >= 11 is 0. The summed E-state index contributed by atoms with van der Waals surface area (Å²) in [6, 6.07) is 3.24. The zero-order valence-corrected chi connectivity index (χ0v) is 17.1. The van der Waals surface area contributed by atoms with Crippen molar-refractivity contribution in [3.05, 3.63) is 53.0 Å². The molecule has 1 aromatic carbocycles. The van der Waals surface area contributed by atoms with E-state index < -0.39 is 0 Å². The van der Waals surface area contributed by atoms with Crippen LogP contribution in [-0.2, 0) is 19.3 Å². The van der Waals surface area contributed by atoms with Gasteiger partial charge in [0.2, 0.25) is 0 Å². The first kappa shape index (κ1) is 18.5. The smallest absolute Gasteiger partial charge is 0.167 e. The van der Waals surface area contributed by atoms with Crippen molar-refractivity contribution < 1.29 is 9.13 Å². The van der Waals surface area contributed by atoms with E-state index >= 15 is 0 Å². The van der Waals surface area contributed by atoms with Crippen molar-refractivity contribution >= 4 is 5.65 Å². The van der Waals surface area contributed by atoms with Gasteiger partial charge in [0.15, 0.2) is 5.65 Å². The molecule has 29 heavy (non-hydrogen) atoms. The number of hydrogen-bond acceptors (Lipinski definition) is 4. The molecule has 0 radical (unpaired) electrons. The molecule has 2 atom stereocenters.